The van der Waals surface area contributed by atoms with Crippen LogP contribution >= 0.6 is 0 Å². The van der Waals surface area contributed by atoms with E-state index in [-0.39, 0.29) is 12.0 Å². The average molecular weight is 249 g/mol. The molecule has 1 aromatic rings. The first kappa shape index (κ1) is 12.8. The van der Waals surface area contributed by atoms with E-state index >= 15 is 0 Å². The van der Waals surface area contributed by atoms with Crippen LogP contribution in [0.2, 0.25) is 0 Å². The normalized spacial score (nSPS) is 19.5. The number of rotatable bonds is 3. The molecule has 0 radical (unpaired) electrons. The van der Waals surface area contributed by atoms with Crippen LogP contribution in [0.25, 0.3) is 0 Å². The van der Waals surface area contributed by atoms with E-state index in [1.807, 2.05) is 6.92 Å². The second-order valence-corrected chi connectivity index (χ2v) is 4.68. The van der Waals surface area contributed by atoms with Crippen LogP contribution in [-0.2, 0) is 9.53 Å². The molecule has 1 saturated heterocycles. The van der Waals surface area contributed by atoms with Crippen molar-refractivity contribution in [2.24, 2.45) is 0 Å². The summed E-state index contributed by atoms with van der Waals surface area (Å²) in [6, 6.07) is 1.79. The molecule has 98 valence electrons. The lowest BCUT2D eigenvalue weighted by Crippen LogP contribution is -2.26. The lowest BCUT2D eigenvalue weighted by Gasteiger charge is -2.22. The Kier molecular flexibility index (Phi) is 4.15. The van der Waals surface area contributed by atoms with Crippen molar-refractivity contribution in [3.05, 3.63) is 17.8 Å². The topological polar surface area (TPSA) is 77.2 Å². The molecule has 1 atom stereocenters. The summed E-state index contributed by atoms with van der Waals surface area (Å²) < 4.78 is 5.53. The van der Waals surface area contributed by atoms with E-state index in [1.165, 1.54) is 0 Å². The number of carbonyl (C=O) groups excluding carboxylic acids is 1. The van der Waals surface area contributed by atoms with Gasteiger partial charge in [0.2, 0.25) is 5.91 Å². The first-order chi connectivity index (χ1) is 8.65. The highest BCUT2D eigenvalue weighted by Crippen LogP contribution is 2.18. The minimum absolute atomic E-state index is 0.0489. The summed E-state index contributed by atoms with van der Waals surface area (Å²) in [7, 11) is 0. The number of anilines is 2. The zero-order valence-electron chi connectivity index (χ0n) is 10.6. The second-order valence-electron chi connectivity index (χ2n) is 4.68. The summed E-state index contributed by atoms with van der Waals surface area (Å²) in [5.74, 6) is 0.521. The van der Waals surface area contributed by atoms with Gasteiger partial charge >= 0.3 is 0 Å². The zero-order valence-corrected chi connectivity index (χ0v) is 10.6. The summed E-state index contributed by atoms with van der Waals surface area (Å²) in [6.45, 7) is 2.63. The van der Waals surface area contributed by atoms with Gasteiger partial charge in [0.1, 0.15) is 5.82 Å². The van der Waals surface area contributed by atoms with Gasteiger partial charge in [-0.25, -0.2) is 4.98 Å². The summed E-state index contributed by atoms with van der Waals surface area (Å²) in [5, 5.41) is 2.80. The molecule has 3 N–H and O–H groups in total. The van der Waals surface area contributed by atoms with Gasteiger partial charge in [-0.1, -0.05) is 0 Å². The molecule has 18 heavy (non-hydrogen) atoms. The van der Waals surface area contributed by atoms with Crippen molar-refractivity contribution in [1.82, 2.24) is 4.98 Å². The summed E-state index contributed by atoms with van der Waals surface area (Å²) in [4.78, 5) is 16.0. The molecule has 1 aliphatic rings. The molecule has 0 aromatic carbocycles. The Hall–Kier alpha value is -1.62. The van der Waals surface area contributed by atoms with Crippen molar-refractivity contribution >= 4 is 17.4 Å². The predicted molar refractivity (Wildman–Crippen MR) is 70.2 cm³/mol. The van der Waals surface area contributed by atoms with Crippen molar-refractivity contribution in [2.75, 3.05) is 17.7 Å². The van der Waals surface area contributed by atoms with Crippen molar-refractivity contribution < 1.29 is 9.53 Å². The number of amides is 1. The maximum Gasteiger partial charge on any atom is 0.228 e. The van der Waals surface area contributed by atoms with Crippen LogP contribution in [-0.4, -0.2) is 23.6 Å². The van der Waals surface area contributed by atoms with Gasteiger partial charge in [-0.2, -0.15) is 0 Å². The van der Waals surface area contributed by atoms with Gasteiger partial charge in [0, 0.05) is 6.61 Å². The van der Waals surface area contributed by atoms with Crippen molar-refractivity contribution in [3.8, 4) is 0 Å². The van der Waals surface area contributed by atoms with Crippen LogP contribution < -0.4 is 11.1 Å². The van der Waals surface area contributed by atoms with Gasteiger partial charge in [-0.15, -0.1) is 0 Å². The van der Waals surface area contributed by atoms with Crippen molar-refractivity contribution in [1.29, 1.82) is 0 Å². The number of aryl methyl sites for hydroxylation is 1. The van der Waals surface area contributed by atoms with Gasteiger partial charge in [-0.05, 0) is 37.8 Å². The fourth-order valence-electron chi connectivity index (χ4n) is 2.09. The van der Waals surface area contributed by atoms with Crippen LogP contribution in [0.3, 0.4) is 0 Å². The molecule has 5 heteroatoms. The molecule has 0 bridgehead atoms. The molecule has 1 aromatic heterocycles. The van der Waals surface area contributed by atoms with E-state index in [4.69, 9.17) is 10.5 Å². The minimum Gasteiger partial charge on any atom is -0.397 e. The first-order valence-corrected chi connectivity index (χ1v) is 6.29. The van der Waals surface area contributed by atoms with Crippen LogP contribution in [0.15, 0.2) is 12.3 Å². The molecule has 0 spiro atoms. The number of hydrogen-bond donors (Lipinski definition) is 2. The Labute approximate surface area is 107 Å². The third kappa shape index (κ3) is 3.43. The predicted octanol–water partition coefficient (Wildman–Crippen LogP) is 1.87. The third-order valence-electron chi connectivity index (χ3n) is 3.04. The average Bonchev–Trinajstić information content (AvgIpc) is 2.34. The van der Waals surface area contributed by atoms with E-state index in [1.54, 1.807) is 12.3 Å². The number of aromatic nitrogens is 1. The van der Waals surface area contributed by atoms with Gasteiger partial charge < -0.3 is 15.8 Å². The lowest BCUT2D eigenvalue weighted by atomic mass is 10.1. The molecule has 1 amide bonds. The van der Waals surface area contributed by atoms with Crippen molar-refractivity contribution in [2.45, 2.75) is 38.7 Å². The molecule has 2 rings (SSSR count). The zero-order chi connectivity index (χ0) is 13.0. The van der Waals surface area contributed by atoms with E-state index < -0.39 is 0 Å². The largest absolute Gasteiger partial charge is 0.397 e. The van der Waals surface area contributed by atoms with E-state index in [0.29, 0.717) is 17.9 Å². The lowest BCUT2D eigenvalue weighted by molar-refractivity contribution is -0.119. The number of nitrogens with one attached hydrogen (secondary N) is 1. The number of nitrogen functional groups attached to an aromatic ring is 1. The molecule has 0 aliphatic carbocycles. The highest BCUT2D eigenvalue weighted by atomic mass is 16.5. The highest BCUT2D eigenvalue weighted by molar-refractivity contribution is 5.90. The summed E-state index contributed by atoms with van der Waals surface area (Å²) in [5.41, 5.74) is 7.08. The quantitative estimate of drug-likeness (QED) is 0.857. The number of nitrogens with two attached hydrogens (primary N) is 1. The molecule has 2 heterocycles. The number of carbonyl (C=O) groups is 1. The van der Waals surface area contributed by atoms with Crippen LogP contribution in [0.4, 0.5) is 11.5 Å². The Bertz CT molecular complexity index is 428. The maximum atomic E-state index is 11.9. The molecule has 1 fully saturated rings. The molecule has 1 aliphatic heterocycles. The smallest absolute Gasteiger partial charge is 0.228 e. The number of ether oxygens (including phenoxy) is 1. The number of pyridine rings is 1. The van der Waals surface area contributed by atoms with E-state index in [2.05, 4.69) is 10.3 Å². The third-order valence-corrected chi connectivity index (χ3v) is 3.04. The van der Waals surface area contributed by atoms with Gasteiger partial charge in [0.15, 0.2) is 0 Å². The molecule has 5 nitrogen and oxygen atoms in total. The van der Waals surface area contributed by atoms with Crippen LogP contribution in [0, 0.1) is 6.92 Å². The summed E-state index contributed by atoms with van der Waals surface area (Å²) >= 11 is 0. The SMILES string of the molecule is Cc1cc(N)cnc1NC(=O)CC1CCCCO1. The molecular weight excluding hydrogens is 230 g/mol. The van der Waals surface area contributed by atoms with E-state index in [9.17, 15) is 4.79 Å². The second kappa shape index (κ2) is 5.82. The Morgan fingerprint density at radius 3 is 3.11 bits per heavy atom. The van der Waals surface area contributed by atoms with Crippen LogP contribution in [0.5, 0.6) is 0 Å². The van der Waals surface area contributed by atoms with Crippen molar-refractivity contribution in [3.63, 3.8) is 0 Å². The fourth-order valence-corrected chi connectivity index (χ4v) is 2.09. The molecule has 0 saturated carbocycles. The van der Waals surface area contributed by atoms with Gasteiger partial charge in [0.05, 0.1) is 24.4 Å². The van der Waals surface area contributed by atoms with E-state index in [0.717, 1.165) is 31.4 Å². The first-order valence-electron chi connectivity index (χ1n) is 6.29. The number of hydrogen-bond acceptors (Lipinski definition) is 4. The summed E-state index contributed by atoms with van der Waals surface area (Å²) in [6.07, 6.45) is 5.17. The Morgan fingerprint density at radius 1 is 1.61 bits per heavy atom. The fraction of sp³-hybridized carbons (Fsp3) is 0.538. The molecule has 1 unspecified atom stereocenters. The number of nitrogens with zero attached hydrogens (tertiary/aromatic N) is 1. The standard InChI is InChI=1S/C13H19N3O2/c1-9-6-10(14)8-15-13(9)16-12(17)7-11-4-2-3-5-18-11/h6,8,11H,2-5,7,14H2,1H3,(H,15,16,17). The molecular formula is C13H19N3O2. The van der Waals surface area contributed by atoms with Gasteiger partial charge in [-0.3, -0.25) is 4.79 Å². The monoisotopic (exact) mass is 249 g/mol. The highest BCUT2D eigenvalue weighted by Gasteiger charge is 2.18. The van der Waals surface area contributed by atoms with Gasteiger partial charge in [0.25, 0.3) is 0 Å². The Balaban J connectivity index is 1.90. The minimum atomic E-state index is -0.0535. The Morgan fingerprint density at radius 2 is 2.44 bits per heavy atom. The maximum absolute atomic E-state index is 11.9. The van der Waals surface area contributed by atoms with Crippen LogP contribution in [0.1, 0.15) is 31.2 Å².